The molecule has 1 aliphatic rings. The van der Waals surface area contributed by atoms with E-state index in [4.69, 9.17) is 0 Å². The molecule has 0 N–H and O–H groups in total. The first-order chi connectivity index (χ1) is 7.68. The van der Waals surface area contributed by atoms with Gasteiger partial charge in [0.05, 0.1) is 6.04 Å². The van der Waals surface area contributed by atoms with E-state index in [1.807, 2.05) is 25.1 Å². The highest BCUT2D eigenvalue weighted by Crippen LogP contribution is 2.22. The Hall–Kier alpha value is -1.42. The van der Waals surface area contributed by atoms with E-state index in [0.717, 1.165) is 13.1 Å². The fourth-order valence-corrected chi connectivity index (χ4v) is 2.31. The van der Waals surface area contributed by atoms with Crippen molar-refractivity contribution in [1.29, 1.82) is 0 Å². The molecule has 0 bridgehead atoms. The minimum atomic E-state index is -0.399. The molecule has 1 saturated heterocycles. The Labute approximate surface area is 95.0 Å². The van der Waals surface area contributed by atoms with Crippen LogP contribution < -0.4 is 0 Å². The molecule has 1 heterocycles. The van der Waals surface area contributed by atoms with Gasteiger partial charge in [-0.05, 0) is 12.5 Å². The van der Waals surface area contributed by atoms with Crippen molar-refractivity contribution in [3.63, 3.8) is 0 Å². The van der Waals surface area contributed by atoms with Gasteiger partial charge in [-0.15, -0.1) is 0 Å². The Morgan fingerprint density at radius 3 is 2.69 bits per heavy atom. The molecule has 1 aromatic carbocycles. The maximum absolute atomic E-state index is 10.8. The molecule has 0 aliphatic carbocycles. The predicted octanol–water partition coefficient (Wildman–Crippen LogP) is 1.93. The largest absolute Gasteiger partial charge is 0.290 e. The Morgan fingerprint density at radius 2 is 2.12 bits per heavy atom. The van der Waals surface area contributed by atoms with Crippen LogP contribution in [0, 0.1) is 10.1 Å². The molecule has 1 aliphatic heterocycles. The van der Waals surface area contributed by atoms with Crippen LogP contribution in [0.3, 0.4) is 0 Å². The van der Waals surface area contributed by atoms with Gasteiger partial charge in [-0.2, -0.15) is 0 Å². The van der Waals surface area contributed by atoms with Crippen LogP contribution in [0.15, 0.2) is 30.3 Å². The first-order valence-electron chi connectivity index (χ1n) is 5.60. The van der Waals surface area contributed by atoms with Crippen LogP contribution in [-0.4, -0.2) is 28.5 Å². The number of likely N-dealkylation sites (tertiary alicyclic amines) is 1. The third kappa shape index (κ3) is 2.22. The van der Waals surface area contributed by atoms with E-state index in [1.165, 1.54) is 5.56 Å². The highest BCUT2D eigenvalue weighted by Gasteiger charge is 2.38. The number of nitro groups is 1. The van der Waals surface area contributed by atoms with E-state index < -0.39 is 6.04 Å². The zero-order valence-electron chi connectivity index (χ0n) is 9.37. The highest BCUT2D eigenvalue weighted by atomic mass is 16.6. The van der Waals surface area contributed by atoms with Crippen LogP contribution in [0.4, 0.5) is 0 Å². The number of nitrogens with zero attached hydrogens (tertiary/aromatic N) is 2. The molecular formula is C12H16N2O2. The molecule has 0 radical (unpaired) electrons. The van der Waals surface area contributed by atoms with E-state index in [-0.39, 0.29) is 11.0 Å². The Kier molecular flexibility index (Phi) is 3.19. The Morgan fingerprint density at radius 1 is 1.44 bits per heavy atom. The van der Waals surface area contributed by atoms with Crippen LogP contribution in [-0.2, 0) is 6.54 Å². The second-order valence-electron chi connectivity index (χ2n) is 4.34. The quantitative estimate of drug-likeness (QED) is 0.577. The monoisotopic (exact) mass is 220 g/mol. The van der Waals surface area contributed by atoms with Gasteiger partial charge in [-0.1, -0.05) is 30.3 Å². The van der Waals surface area contributed by atoms with Crippen molar-refractivity contribution in [3.05, 3.63) is 46.0 Å². The van der Waals surface area contributed by atoms with Crippen LogP contribution in [0.5, 0.6) is 0 Å². The zero-order chi connectivity index (χ0) is 11.5. The summed E-state index contributed by atoms with van der Waals surface area (Å²) >= 11 is 0. The summed E-state index contributed by atoms with van der Waals surface area (Å²) in [5, 5.41) is 10.8. The molecule has 1 aromatic rings. The lowest BCUT2D eigenvalue weighted by molar-refractivity contribution is -0.524. The third-order valence-corrected chi connectivity index (χ3v) is 3.34. The van der Waals surface area contributed by atoms with Crippen LogP contribution >= 0.6 is 0 Å². The maximum Gasteiger partial charge on any atom is 0.229 e. The summed E-state index contributed by atoms with van der Waals surface area (Å²) < 4.78 is 0. The van der Waals surface area contributed by atoms with E-state index in [2.05, 4.69) is 17.0 Å². The molecule has 4 nitrogen and oxygen atoms in total. The van der Waals surface area contributed by atoms with E-state index in [0.29, 0.717) is 6.42 Å². The van der Waals surface area contributed by atoms with E-state index in [9.17, 15) is 10.1 Å². The summed E-state index contributed by atoms with van der Waals surface area (Å²) in [5.74, 6) is 0. The smallest absolute Gasteiger partial charge is 0.229 e. The normalized spacial score (nSPS) is 25.8. The maximum atomic E-state index is 10.8. The van der Waals surface area contributed by atoms with Gasteiger partial charge in [-0.25, -0.2) is 0 Å². The van der Waals surface area contributed by atoms with Crippen molar-refractivity contribution in [3.8, 4) is 0 Å². The van der Waals surface area contributed by atoms with Gasteiger partial charge in [0.25, 0.3) is 0 Å². The van der Waals surface area contributed by atoms with Crippen molar-refractivity contribution in [2.75, 3.05) is 6.54 Å². The van der Waals surface area contributed by atoms with Crippen molar-refractivity contribution in [1.82, 2.24) is 4.90 Å². The summed E-state index contributed by atoms with van der Waals surface area (Å²) in [5.41, 5.74) is 1.22. The van der Waals surface area contributed by atoms with Gasteiger partial charge in [-0.3, -0.25) is 15.0 Å². The molecule has 1 fully saturated rings. The summed E-state index contributed by atoms with van der Waals surface area (Å²) in [6.45, 7) is 3.58. The molecule has 0 saturated carbocycles. The fourth-order valence-electron chi connectivity index (χ4n) is 2.31. The van der Waals surface area contributed by atoms with Crippen molar-refractivity contribution < 1.29 is 4.92 Å². The van der Waals surface area contributed by atoms with Crippen molar-refractivity contribution in [2.24, 2.45) is 0 Å². The molecule has 2 rings (SSSR count). The molecule has 4 heteroatoms. The molecule has 86 valence electrons. The van der Waals surface area contributed by atoms with Gasteiger partial charge in [0, 0.05) is 24.4 Å². The van der Waals surface area contributed by atoms with Gasteiger partial charge in [0.2, 0.25) is 6.04 Å². The van der Waals surface area contributed by atoms with Crippen molar-refractivity contribution >= 4 is 0 Å². The summed E-state index contributed by atoms with van der Waals surface area (Å²) in [4.78, 5) is 12.8. The molecule has 16 heavy (non-hydrogen) atoms. The molecule has 0 spiro atoms. The third-order valence-electron chi connectivity index (χ3n) is 3.34. The zero-order valence-corrected chi connectivity index (χ0v) is 9.37. The minimum absolute atomic E-state index is 0.0372. The molecule has 2 atom stereocenters. The number of rotatable bonds is 3. The summed E-state index contributed by atoms with van der Waals surface area (Å²) in [6.07, 6.45) is 0.668. The van der Waals surface area contributed by atoms with E-state index >= 15 is 0 Å². The van der Waals surface area contributed by atoms with Gasteiger partial charge in [0.1, 0.15) is 0 Å². The van der Waals surface area contributed by atoms with E-state index in [1.54, 1.807) is 0 Å². The Balaban J connectivity index is 2.00. The van der Waals surface area contributed by atoms with Gasteiger partial charge < -0.3 is 0 Å². The van der Waals surface area contributed by atoms with Crippen LogP contribution in [0.2, 0.25) is 0 Å². The average molecular weight is 220 g/mol. The summed E-state index contributed by atoms with van der Waals surface area (Å²) in [6, 6.07) is 9.75. The molecule has 0 unspecified atom stereocenters. The van der Waals surface area contributed by atoms with Gasteiger partial charge >= 0.3 is 0 Å². The summed E-state index contributed by atoms with van der Waals surface area (Å²) in [7, 11) is 0. The van der Waals surface area contributed by atoms with Crippen LogP contribution in [0.1, 0.15) is 18.9 Å². The van der Waals surface area contributed by atoms with Crippen molar-refractivity contribution in [2.45, 2.75) is 32.0 Å². The number of hydrogen-bond donors (Lipinski definition) is 0. The number of hydrogen-bond acceptors (Lipinski definition) is 3. The lowest BCUT2D eigenvalue weighted by atomic mass is 10.1. The second kappa shape index (κ2) is 4.61. The topological polar surface area (TPSA) is 46.4 Å². The fraction of sp³-hybridized carbons (Fsp3) is 0.500. The SMILES string of the molecule is C[C@@H]1[C@@H]([N+](=O)[O-])CCN1Cc1ccccc1. The number of benzene rings is 1. The highest BCUT2D eigenvalue weighted by molar-refractivity contribution is 5.14. The lowest BCUT2D eigenvalue weighted by Gasteiger charge is -2.20. The minimum Gasteiger partial charge on any atom is -0.290 e. The Bertz CT molecular complexity index is 367. The standard InChI is InChI=1S/C12H16N2O2/c1-10-12(14(15)16)7-8-13(10)9-11-5-3-2-4-6-11/h2-6,10,12H,7-9H2,1H3/t10-,12+/m1/s1. The first kappa shape index (κ1) is 11.1. The predicted molar refractivity (Wildman–Crippen MR) is 61.7 cm³/mol. The molecular weight excluding hydrogens is 204 g/mol. The van der Waals surface area contributed by atoms with Gasteiger partial charge in [0.15, 0.2) is 0 Å². The molecule has 0 amide bonds. The lowest BCUT2D eigenvalue weighted by Crippen LogP contribution is -2.35. The second-order valence-corrected chi connectivity index (χ2v) is 4.34. The first-order valence-corrected chi connectivity index (χ1v) is 5.60. The molecule has 0 aromatic heterocycles. The van der Waals surface area contributed by atoms with Crippen LogP contribution in [0.25, 0.3) is 0 Å². The average Bonchev–Trinajstić information content (AvgIpc) is 2.62.